The highest BCUT2D eigenvalue weighted by Crippen LogP contribution is 2.23. The summed E-state index contributed by atoms with van der Waals surface area (Å²) < 4.78 is 18.9. The number of nitrogens with zero attached hydrogens (tertiary/aromatic N) is 2. The van der Waals surface area contributed by atoms with Crippen molar-refractivity contribution >= 4 is 22.8 Å². The van der Waals surface area contributed by atoms with Crippen LogP contribution in [0, 0.1) is 5.41 Å². The van der Waals surface area contributed by atoms with Gasteiger partial charge in [0.1, 0.15) is 6.04 Å². The van der Waals surface area contributed by atoms with E-state index in [0.717, 1.165) is 5.52 Å². The van der Waals surface area contributed by atoms with Crippen LogP contribution < -0.4 is 5.32 Å². The molecule has 1 atom stereocenters. The van der Waals surface area contributed by atoms with Gasteiger partial charge in [0.15, 0.2) is 5.69 Å². The number of unbranched alkanes of at least 4 members (excludes halogenated alkanes) is 1. The highest BCUT2D eigenvalue weighted by Gasteiger charge is 2.34. The summed E-state index contributed by atoms with van der Waals surface area (Å²) in [7, 11) is 1.29. The van der Waals surface area contributed by atoms with Gasteiger partial charge >= 0.3 is 5.97 Å². The Morgan fingerprint density at radius 3 is 2.58 bits per heavy atom. The zero-order valence-electron chi connectivity index (χ0n) is 15.7. The first kappa shape index (κ1) is 19.9. The Labute approximate surface area is 152 Å². The average molecular weight is 363 g/mol. The van der Waals surface area contributed by atoms with E-state index in [0.29, 0.717) is 24.8 Å². The topological polar surface area (TPSA) is 73.2 Å². The van der Waals surface area contributed by atoms with E-state index in [2.05, 4.69) is 10.4 Å². The molecule has 0 radical (unpaired) electrons. The number of nitrogens with one attached hydrogen (secondary N) is 1. The molecule has 0 saturated carbocycles. The molecule has 1 N–H and O–H groups in total. The largest absolute Gasteiger partial charge is 0.467 e. The number of para-hydroxylation sites is 1. The van der Waals surface area contributed by atoms with Crippen molar-refractivity contribution in [2.75, 3.05) is 13.8 Å². The zero-order chi connectivity index (χ0) is 19.3. The number of rotatable bonds is 7. The van der Waals surface area contributed by atoms with Crippen molar-refractivity contribution in [1.29, 1.82) is 0 Å². The summed E-state index contributed by atoms with van der Waals surface area (Å²) in [6.07, 6.45) is 1.08. The monoisotopic (exact) mass is 363 g/mol. The molecular weight excluding hydrogens is 337 g/mol. The molecule has 1 unspecified atom stereocenters. The van der Waals surface area contributed by atoms with Crippen molar-refractivity contribution in [2.45, 2.75) is 46.2 Å². The fourth-order valence-electron chi connectivity index (χ4n) is 2.77. The molecule has 2 aromatic rings. The number of methoxy groups -OCH3 is 1. The van der Waals surface area contributed by atoms with Gasteiger partial charge in [-0.25, -0.2) is 4.79 Å². The highest BCUT2D eigenvalue weighted by atomic mass is 19.1. The van der Waals surface area contributed by atoms with Crippen molar-refractivity contribution in [3.63, 3.8) is 0 Å². The van der Waals surface area contributed by atoms with Crippen molar-refractivity contribution in [1.82, 2.24) is 15.1 Å². The molecule has 2 rings (SSSR count). The summed E-state index contributed by atoms with van der Waals surface area (Å²) in [6, 6.07) is 6.58. The van der Waals surface area contributed by atoms with Crippen molar-refractivity contribution in [3.05, 3.63) is 30.0 Å². The molecule has 0 spiro atoms. The highest BCUT2D eigenvalue weighted by molar-refractivity contribution is 6.06. The second-order valence-corrected chi connectivity index (χ2v) is 7.28. The minimum absolute atomic E-state index is 0.249. The van der Waals surface area contributed by atoms with Gasteiger partial charge in [0.05, 0.1) is 19.3 Å². The summed E-state index contributed by atoms with van der Waals surface area (Å²) in [6.45, 7) is 5.70. The molecule has 7 heteroatoms. The average Bonchev–Trinajstić information content (AvgIpc) is 2.97. The number of carbonyl (C=O) groups is 2. The van der Waals surface area contributed by atoms with E-state index in [1.54, 1.807) is 4.68 Å². The van der Waals surface area contributed by atoms with Crippen molar-refractivity contribution < 1.29 is 18.7 Å². The number of ether oxygens (including phenoxy) is 1. The number of hydrogen-bond acceptors (Lipinski definition) is 4. The predicted molar refractivity (Wildman–Crippen MR) is 97.7 cm³/mol. The number of esters is 1. The lowest BCUT2D eigenvalue weighted by Gasteiger charge is -2.28. The van der Waals surface area contributed by atoms with Gasteiger partial charge < -0.3 is 10.1 Å². The summed E-state index contributed by atoms with van der Waals surface area (Å²) in [5, 5.41) is 7.86. The maximum atomic E-state index is 12.8. The number of benzene rings is 1. The molecule has 0 aliphatic rings. The molecule has 0 saturated heterocycles. The lowest BCUT2D eigenvalue weighted by Crippen LogP contribution is -2.49. The minimum Gasteiger partial charge on any atom is -0.467 e. The number of alkyl halides is 1. The lowest BCUT2D eigenvalue weighted by molar-refractivity contribution is -0.145. The van der Waals surface area contributed by atoms with Crippen LogP contribution in [0.15, 0.2) is 24.3 Å². The molecule has 142 valence electrons. The standard InChI is InChI=1S/C19H26FN3O3/c1-19(2,3)16(18(25)26-4)21-17(24)15-13-9-5-6-10-14(13)23(22-15)12-8-7-11-20/h5-6,9-10,16H,7-8,11-12H2,1-4H3,(H,21,24). The van der Waals surface area contributed by atoms with Crippen LogP contribution >= 0.6 is 0 Å². The Morgan fingerprint density at radius 1 is 1.27 bits per heavy atom. The normalized spacial score (nSPS) is 12.8. The third-order valence-electron chi connectivity index (χ3n) is 4.20. The van der Waals surface area contributed by atoms with E-state index < -0.39 is 23.3 Å². The van der Waals surface area contributed by atoms with Crippen LogP contribution in [0.25, 0.3) is 10.9 Å². The van der Waals surface area contributed by atoms with Crippen molar-refractivity contribution in [2.24, 2.45) is 5.41 Å². The molecule has 26 heavy (non-hydrogen) atoms. The van der Waals surface area contributed by atoms with E-state index in [9.17, 15) is 14.0 Å². The number of fused-ring (bicyclic) bond motifs is 1. The molecule has 1 heterocycles. The molecule has 1 aromatic carbocycles. The van der Waals surface area contributed by atoms with Crippen LogP contribution in [-0.2, 0) is 16.1 Å². The number of aromatic nitrogens is 2. The third-order valence-corrected chi connectivity index (χ3v) is 4.20. The second kappa shape index (κ2) is 8.29. The summed E-state index contributed by atoms with van der Waals surface area (Å²) in [5.74, 6) is -0.937. The summed E-state index contributed by atoms with van der Waals surface area (Å²) in [4.78, 5) is 24.9. The van der Waals surface area contributed by atoms with Gasteiger partial charge in [-0.1, -0.05) is 39.0 Å². The molecular formula is C19H26FN3O3. The molecule has 0 aliphatic carbocycles. The van der Waals surface area contributed by atoms with Crippen LogP contribution in [-0.4, -0.2) is 41.5 Å². The fourth-order valence-corrected chi connectivity index (χ4v) is 2.77. The quantitative estimate of drug-likeness (QED) is 0.606. The molecule has 1 aromatic heterocycles. The lowest BCUT2D eigenvalue weighted by atomic mass is 9.86. The molecule has 0 aliphatic heterocycles. The second-order valence-electron chi connectivity index (χ2n) is 7.28. The number of amides is 1. The van der Waals surface area contributed by atoms with E-state index in [4.69, 9.17) is 4.74 Å². The van der Waals surface area contributed by atoms with E-state index in [1.807, 2.05) is 45.0 Å². The number of aryl methyl sites for hydroxylation is 1. The molecule has 6 nitrogen and oxygen atoms in total. The number of halogens is 1. The van der Waals surface area contributed by atoms with Crippen LogP contribution in [0.4, 0.5) is 4.39 Å². The van der Waals surface area contributed by atoms with Gasteiger partial charge in [-0.05, 0) is 24.3 Å². The van der Waals surface area contributed by atoms with Gasteiger partial charge in [0.25, 0.3) is 5.91 Å². The van der Waals surface area contributed by atoms with E-state index in [1.165, 1.54) is 7.11 Å². The Bertz CT molecular complexity index is 780. The van der Waals surface area contributed by atoms with Crippen LogP contribution in [0.2, 0.25) is 0 Å². The van der Waals surface area contributed by atoms with E-state index >= 15 is 0 Å². The predicted octanol–water partition coefficient (Wildman–Crippen LogP) is 3.10. The van der Waals surface area contributed by atoms with Crippen LogP contribution in [0.5, 0.6) is 0 Å². The molecule has 0 fully saturated rings. The Kier molecular flexibility index (Phi) is 6.34. The molecule has 1 amide bonds. The van der Waals surface area contributed by atoms with E-state index in [-0.39, 0.29) is 12.4 Å². The Morgan fingerprint density at radius 2 is 1.96 bits per heavy atom. The number of carbonyl (C=O) groups excluding carboxylic acids is 2. The minimum atomic E-state index is -0.796. The first-order chi connectivity index (χ1) is 12.3. The van der Waals surface area contributed by atoms with Gasteiger partial charge in [0, 0.05) is 11.9 Å². The Balaban J connectivity index is 2.33. The maximum absolute atomic E-state index is 12.8. The summed E-state index contributed by atoms with van der Waals surface area (Å²) >= 11 is 0. The first-order valence-corrected chi connectivity index (χ1v) is 8.69. The zero-order valence-corrected chi connectivity index (χ0v) is 15.7. The van der Waals surface area contributed by atoms with Crippen LogP contribution in [0.1, 0.15) is 44.1 Å². The van der Waals surface area contributed by atoms with Gasteiger partial charge in [-0.3, -0.25) is 13.9 Å². The van der Waals surface area contributed by atoms with Gasteiger partial charge in [0.2, 0.25) is 0 Å². The van der Waals surface area contributed by atoms with Crippen molar-refractivity contribution in [3.8, 4) is 0 Å². The van der Waals surface area contributed by atoms with Gasteiger partial charge in [-0.15, -0.1) is 0 Å². The third kappa shape index (κ3) is 4.39. The smallest absolute Gasteiger partial charge is 0.328 e. The fraction of sp³-hybridized carbons (Fsp3) is 0.526. The maximum Gasteiger partial charge on any atom is 0.328 e. The van der Waals surface area contributed by atoms with Crippen LogP contribution in [0.3, 0.4) is 0 Å². The summed E-state index contributed by atoms with van der Waals surface area (Å²) in [5.41, 5.74) is 0.545. The SMILES string of the molecule is COC(=O)C(NC(=O)c1nn(CCCCF)c2ccccc12)C(C)(C)C. The Hall–Kier alpha value is -2.44. The van der Waals surface area contributed by atoms with Gasteiger partial charge in [-0.2, -0.15) is 5.10 Å². The number of hydrogen-bond donors (Lipinski definition) is 1. The first-order valence-electron chi connectivity index (χ1n) is 8.69. The molecule has 0 bridgehead atoms.